The number of nitrogens with one attached hydrogen (secondary N) is 2. The molecule has 0 aliphatic heterocycles. The molecule has 0 spiro atoms. The van der Waals surface area contributed by atoms with E-state index in [2.05, 4.69) is 27.5 Å². The zero-order valence-corrected chi connectivity index (χ0v) is 11.9. The number of anilines is 2. The summed E-state index contributed by atoms with van der Waals surface area (Å²) in [7, 11) is 0. The van der Waals surface area contributed by atoms with E-state index < -0.39 is 0 Å². The van der Waals surface area contributed by atoms with Crippen LogP contribution >= 0.6 is 0 Å². The van der Waals surface area contributed by atoms with E-state index in [4.69, 9.17) is 0 Å². The summed E-state index contributed by atoms with van der Waals surface area (Å²) in [5.74, 6) is -0.111. The van der Waals surface area contributed by atoms with Crippen LogP contribution in [0.25, 0.3) is 0 Å². The number of hydrogen-bond donors (Lipinski definition) is 2. The van der Waals surface area contributed by atoms with Gasteiger partial charge in [0.1, 0.15) is 17.3 Å². The molecule has 0 radical (unpaired) electrons. The molecule has 6 heteroatoms. The van der Waals surface area contributed by atoms with Crippen molar-refractivity contribution in [2.45, 2.75) is 26.3 Å². The van der Waals surface area contributed by atoms with E-state index in [1.54, 1.807) is 0 Å². The van der Waals surface area contributed by atoms with E-state index in [0.717, 1.165) is 6.42 Å². The number of carbonyl (C=O) groups excluding carboxylic acids is 1. The molecule has 0 saturated carbocycles. The summed E-state index contributed by atoms with van der Waals surface area (Å²) in [5, 5.41) is 5.79. The summed E-state index contributed by atoms with van der Waals surface area (Å²) in [6.07, 6.45) is 3.89. The molecule has 0 aliphatic rings. The van der Waals surface area contributed by atoms with Crippen LogP contribution in [0.3, 0.4) is 0 Å². The zero-order chi connectivity index (χ0) is 15.2. The predicted molar refractivity (Wildman–Crippen MR) is 79.8 cm³/mol. The van der Waals surface area contributed by atoms with Crippen molar-refractivity contribution < 1.29 is 9.18 Å². The lowest BCUT2D eigenvalue weighted by Gasteiger charge is -2.11. The van der Waals surface area contributed by atoms with E-state index in [-0.39, 0.29) is 23.5 Å². The molecule has 5 nitrogen and oxygen atoms in total. The van der Waals surface area contributed by atoms with Crippen LogP contribution in [0, 0.1) is 5.82 Å². The van der Waals surface area contributed by atoms with Gasteiger partial charge in [-0.1, -0.05) is 6.92 Å². The van der Waals surface area contributed by atoms with Crippen LogP contribution in [0.1, 0.15) is 30.8 Å². The highest BCUT2D eigenvalue weighted by molar-refractivity contribution is 6.02. The minimum Gasteiger partial charge on any atom is -0.366 e. The number of carbonyl (C=O) groups is 1. The molecular formula is C15H17FN4O. The van der Waals surface area contributed by atoms with Gasteiger partial charge >= 0.3 is 0 Å². The second kappa shape index (κ2) is 6.78. The van der Waals surface area contributed by atoms with Crippen LogP contribution in [-0.4, -0.2) is 21.9 Å². The number of rotatable bonds is 5. The molecule has 2 rings (SSSR count). The average molecular weight is 288 g/mol. The Labute approximate surface area is 122 Å². The van der Waals surface area contributed by atoms with E-state index in [1.165, 1.54) is 36.7 Å². The molecule has 1 amide bonds. The van der Waals surface area contributed by atoms with E-state index in [0.29, 0.717) is 11.5 Å². The molecule has 2 aromatic rings. The maximum absolute atomic E-state index is 12.8. The predicted octanol–water partition coefficient (Wildman–Crippen LogP) is 3.08. The Balaban J connectivity index is 2.01. The molecule has 1 heterocycles. The Bertz CT molecular complexity index is 598. The van der Waals surface area contributed by atoms with Gasteiger partial charge in [-0.25, -0.2) is 14.4 Å². The summed E-state index contributed by atoms with van der Waals surface area (Å²) in [5.41, 5.74) is 0.707. The van der Waals surface area contributed by atoms with E-state index in [1.807, 2.05) is 6.92 Å². The summed E-state index contributed by atoms with van der Waals surface area (Å²) in [4.78, 5) is 20.2. The van der Waals surface area contributed by atoms with E-state index in [9.17, 15) is 9.18 Å². The molecule has 0 fully saturated rings. The molecule has 1 atom stereocenters. The second-order valence-electron chi connectivity index (χ2n) is 4.70. The largest absolute Gasteiger partial charge is 0.366 e. The topological polar surface area (TPSA) is 66.9 Å². The first-order valence-corrected chi connectivity index (χ1v) is 6.74. The zero-order valence-electron chi connectivity index (χ0n) is 11.9. The van der Waals surface area contributed by atoms with Gasteiger partial charge in [-0.2, -0.15) is 0 Å². The molecular weight excluding hydrogens is 271 g/mol. The maximum Gasteiger partial charge on any atom is 0.275 e. The number of amides is 1. The van der Waals surface area contributed by atoms with Crippen LogP contribution in [-0.2, 0) is 0 Å². The Hall–Kier alpha value is -2.50. The molecule has 1 unspecified atom stereocenters. The van der Waals surface area contributed by atoms with Gasteiger partial charge in [0, 0.05) is 11.7 Å². The Kier molecular flexibility index (Phi) is 4.81. The van der Waals surface area contributed by atoms with Crippen LogP contribution in [0.5, 0.6) is 0 Å². The molecule has 0 aliphatic carbocycles. The van der Waals surface area contributed by atoms with Crippen LogP contribution < -0.4 is 10.6 Å². The fourth-order valence-electron chi connectivity index (χ4n) is 1.60. The first kappa shape index (κ1) is 14.9. The van der Waals surface area contributed by atoms with Crippen molar-refractivity contribution in [1.82, 2.24) is 9.97 Å². The first-order chi connectivity index (χ1) is 10.1. The van der Waals surface area contributed by atoms with E-state index >= 15 is 0 Å². The number of benzene rings is 1. The lowest BCUT2D eigenvalue weighted by Crippen LogP contribution is -2.17. The molecule has 0 saturated heterocycles. The van der Waals surface area contributed by atoms with Gasteiger partial charge in [-0.05, 0) is 37.6 Å². The maximum atomic E-state index is 12.8. The first-order valence-electron chi connectivity index (χ1n) is 6.74. The Morgan fingerprint density at radius 3 is 2.52 bits per heavy atom. The minimum absolute atomic E-state index is 0.203. The molecule has 1 aromatic carbocycles. The minimum atomic E-state index is -0.385. The number of hydrogen-bond acceptors (Lipinski definition) is 4. The number of aromatic nitrogens is 2. The van der Waals surface area contributed by atoms with Crippen LogP contribution in [0.4, 0.5) is 15.9 Å². The van der Waals surface area contributed by atoms with Crippen LogP contribution in [0.15, 0.2) is 36.7 Å². The van der Waals surface area contributed by atoms with Crippen LogP contribution in [0.2, 0.25) is 0 Å². The summed E-state index contributed by atoms with van der Waals surface area (Å²) >= 11 is 0. The third-order valence-electron chi connectivity index (χ3n) is 2.99. The van der Waals surface area contributed by atoms with Crippen molar-refractivity contribution in [1.29, 1.82) is 0 Å². The summed E-state index contributed by atoms with van der Waals surface area (Å²) in [6, 6.07) is 5.82. The highest BCUT2D eigenvalue weighted by atomic mass is 19.1. The number of nitrogens with zero attached hydrogens (tertiary/aromatic N) is 2. The van der Waals surface area contributed by atoms with Crippen molar-refractivity contribution in [2.75, 3.05) is 10.6 Å². The van der Waals surface area contributed by atoms with Gasteiger partial charge in [-0.15, -0.1) is 0 Å². The van der Waals surface area contributed by atoms with Gasteiger partial charge < -0.3 is 10.6 Å². The van der Waals surface area contributed by atoms with Gasteiger partial charge in [-0.3, -0.25) is 4.79 Å². The second-order valence-corrected chi connectivity index (χ2v) is 4.70. The SMILES string of the molecule is CCC(C)Nc1cnc(C(=O)Nc2ccc(F)cc2)cn1. The highest BCUT2D eigenvalue weighted by Crippen LogP contribution is 2.10. The van der Waals surface area contributed by atoms with Crippen molar-refractivity contribution in [3.05, 3.63) is 48.2 Å². The van der Waals surface area contributed by atoms with Gasteiger partial charge in [0.25, 0.3) is 5.91 Å². The summed E-state index contributed by atoms with van der Waals surface area (Å²) in [6.45, 7) is 4.10. The molecule has 21 heavy (non-hydrogen) atoms. The van der Waals surface area contributed by atoms with Crippen molar-refractivity contribution in [3.63, 3.8) is 0 Å². The highest BCUT2D eigenvalue weighted by Gasteiger charge is 2.09. The number of halogens is 1. The summed E-state index contributed by atoms with van der Waals surface area (Å²) < 4.78 is 12.8. The fourth-order valence-corrected chi connectivity index (χ4v) is 1.60. The van der Waals surface area contributed by atoms with Crippen molar-refractivity contribution in [2.24, 2.45) is 0 Å². The Morgan fingerprint density at radius 1 is 1.24 bits per heavy atom. The third-order valence-corrected chi connectivity index (χ3v) is 2.99. The normalized spacial score (nSPS) is 11.8. The molecule has 110 valence electrons. The molecule has 0 bridgehead atoms. The van der Waals surface area contributed by atoms with Gasteiger partial charge in [0.2, 0.25) is 0 Å². The monoisotopic (exact) mass is 288 g/mol. The molecule has 1 aromatic heterocycles. The van der Waals surface area contributed by atoms with Gasteiger partial charge in [0.15, 0.2) is 0 Å². The van der Waals surface area contributed by atoms with Crippen molar-refractivity contribution in [3.8, 4) is 0 Å². The quantitative estimate of drug-likeness (QED) is 0.887. The molecule has 2 N–H and O–H groups in total. The smallest absolute Gasteiger partial charge is 0.275 e. The van der Waals surface area contributed by atoms with Crippen molar-refractivity contribution >= 4 is 17.4 Å². The Morgan fingerprint density at radius 2 is 1.95 bits per heavy atom. The lowest BCUT2D eigenvalue weighted by molar-refractivity contribution is 0.102. The van der Waals surface area contributed by atoms with Gasteiger partial charge in [0.05, 0.1) is 12.4 Å². The standard InChI is InChI=1S/C15H17FN4O/c1-3-10(2)19-14-9-17-13(8-18-14)15(21)20-12-6-4-11(16)5-7-12/h4-10H,3H2,1-2H3,(H,18,19)(H,20,21). The lowest BCUT2D eigenvalue weighted by atomic mass is 10.2. The third kappa shape index (κ3) is 4.24. The fraction of sp³-hybridized carbons (Fsp3) is 0.267. The average Bonchev–Trinajstić information content (AvgIpc) is 2.50.